The number of benzene rings is 1. The Kier molecular flexibility index (Phi) is 4.71. The molecule has 2 rings (SSSR count). The number of hydrogen-bond donors (Lipinski definition) is 1. The summed E-state index contributed by atoms with van der Waals surface area (Å²) >= 11 is 0. The summed E-state index contributed by atoms with van der Waals surface area (Å²) in [6.07, 6.45) is 1.92. The van der Waals surface area contributed by atoms with Crippen LogP contribution in [0.2, 0.25) is 0 Å². The number of carbonyl (C=O) groups is 1. The van der Waals surface area contributed by atoms with Gasteiger partial charge >= 0.3 is 5.97 Å². The molecule has 0 aliphatic carbocycles. The molecule has 0 saturated carbocycles. The van der Waals surface area contributed by atoms with Crippen LogP contribution in [-0.4, -0.2) is 45.6 Å². The monoisotopic (exact) mass is 281 g/mol. The fourth-order valence-corrected chi connectivity index (χ4v) is 3.80. The van der Waals surface area contributed by atoms with Gasteiger partial charge in [-0.2, -0.15) is 0 Å². The Bertz CT molecular complexity index is 481. The van der Waals surface area contributed by atoms with Crippen LogP contribution < -0.4 is 0 Å². The number of hydrogen-bond acceptors (Lipinski definition) is 3. The Labute approximate surface area is 115 Å². The van der Waals surface area contributed by atoms with Gasteiger partial charge in [-0.3, -0.25) is 4.21 Å². The van der Waals surface area contributed by atoms with E-state index >= 15 is 0 Å². The number of piperidine rings is 1. The zero-order chi connectivity index (χ0) is 13.8. The molecule has 1 aliphatic rings. The van der Waals surface area contributed by atoms with Crippen molar-refractivity contribution < 1.29 is 14.1 Å². The zero-order valence-corrected chi connectivity index (χ0v) is 11.9. The van der Waals surface area contributed by atoms with Crippen molar-refractivity contribution >= 4 is 16.8 Å². The van der Waals surface area contributed by atoms with E-state index in [4.69, 9.17) is 5.11 Å². The van der Waals surface area contributed by atoms with Crippen LogP contribution in [0.1, 0.15) is 28.8 Å². The van der Waals surface area contributed by atoms with Gasteiger partial charge in [0.1, 0.15) is 0 Å². The van der Waals surface area contributed by atoms with Crippen LogP contribution in [0.4, 0.5) is 0 Å². The molecule has 1 atom stereocenters. The van der Waals surface area contributed by atoms with Crippen LogP contribution in [0.3, 0.4) is 0 Å². The Morgan fingerprint density at radius 2 is 2.11 bits per heavy atom. The van der Waals surface area contributed by atoms with Crippen molar-refractivity contribution in [2.24, 2.45) is 0 Å². The summed E-state index contributed by atoms with van der Waals surface area (Å²) in [7, 11) is 1.17. The number of likely N-dealkylation sites (tertiary alicyclic amines) is 1. The lowest BCUT2D eigenvalue weighted by atomic mass is 10.1. The van der Waals surface area contributed by atoms with E-state index in [9.17, 15) is 9.00 Å². The Morgan fingerprint density at radius 3 is 2.74 bits per heavy atom. The zero-order valence-electron chi connectivity index (χ0n) is 11.0. The lowest BCUT2D eigenvalue weighted by molar-refractivity contribution is 0.0697. The first-order valence-electron chi connectivity index (χ1n) is 6.44. The van der Waals surface area contributed by atoms with E-state index in [0.29, 0.717) is 5.75 Å². The predicted molar refractivity (Wildman–Crippen MR) is 75.8 cm³/mol. The first-order chi connectivity index (χ1) is 9.06. The van der Waals surface area contributed by atoms with Crippen molar-refractivity contribution in [1.29, 1.82) is 0 Å². The van der Waals surface area contributed by atoms with Gasteiger partial charge in [-0.05, 0) is 50.7 Å². The molecule has 0 amide bonds. The molecule has 1 N–H and O–H groups in total. The maximum Gasteiger partial charge on any atom is 0.335 e. The minimum atomic E-state index is -0.938. The first-order valence-corrected chi connectivity index (χ1v) is 7.82. The summed E-state index contributed by atoms with van der Waals surface area (Å²) in [5, 5.41) is 9.18. The number of aromatic carboxylic acids is 1. The molecular formula is C14H19NO3S. The molecule has 1 aromatic carbocycles. The van der Waals surface area contributed by atoms with E-state index in [-0.39, 0.29) is 10.8 Å². The lowest BCUT2D eigenvalue weighted by Gasteiger charge is -2.28. The average Bonchev–Trinajstić information content (AvgIpc) is 2.39. The van der Waals surface area contributed by atoms with Gasteiger partial charge in [-0.1, -0.05) is 12.1 Å². The third-order valence-electron chi connectivity index (χ3n) is 3.52. The second-order valence-corrected chi connectivity index (χ2v) is 6.75. The van der Waals surface area contributed by atoms with Gasteiger partial charge < -0.3 is 10.0 Å². The summed E-state index contributed by atoms with van der Waals surface area (Å²) in [6, 6.07) is 6.74. The molecular weight excluding hydrogens is 262 g/mol. The SMILES string of the molecule is CN1CCC(S(=O)Cc2cccc(C(=O)O)c2)CC1. The highest BCUT2D eigenvalue weighted by Crippen LogP contribution is 2.18. The van der Waals surface area contributed by atoms with Gasteiger partial charge in [0.2, 0.25) is 0 Å². The molecule has 5 heteroatoms. The summed E-state index contributed by atoms with van der Waals surface area (Å²) in [6.45, 7) is 1.98. The largest absolute Gasteiger partial charge is 0.478 e. The fourth-order valence-electron chi connectivity index (χ4n) is 2.32. The van der Waals surface area contributed by atoms with E-state index in [0.717, 1.165) is 31.5 Å². The van der Waals surface area contributed by atoms with Crippen molar-refractivity contribution in [3.05, 3.63) is 35.4 Å². The molecule has 4 nitrogen and oxygen atoms in total. The van der Waals surface area contributed by atoms with Crippen LogP contribution >= 0.6 is 0 Å². The van der Waals surface area contributed by atoms with E-state index in [2.05, 4.69) is 11.9 Å². The molecule has 1 aliphatic heterocycles. The number of carboxylic acids is 1. The summed E-state index contributed by atoms with van der Waals surface area (Å²) in [4.78, 5) is 13.1. The second kappa shape index (κ2) is 6.30. The second-order valence-electron chi connectivity index (χ2n) is 5.03. The van der Waals surface area contributed by atoms with E-state index in [1.165, 1.54) is 0 Å². The maximum atomic E-state index is 12.3. The van der Waals surface area contributed by atoms with Crippen molar-refractivity contribution in [2.45, 2.75) is 23.8 Å². The van der Waals surface area contributed by atoms with Gasteiger partial charge in [0, 0.05) is 21.8 Å². The van der Waals surface area contributed by atoms with Gasteiger partial charge in [-0.25, -0.2) is 4.79 Å². The van der Waals surface area contributed by atoms with Gasteiger partial charge in [0.25, 0.3) is 0 Å². The molecule has 0 bridgehead atoms. The topological polar surface area (TPSA) is 57.6 Å². The molecule has 104 valence electrons. The molecule has 1 unspecified atom stereocenters. The van der Waals surface area contributed by atoms with Crippen molar-refractivity contribution in [3.8, 4) is 0 Å². The van der Waals surface area contributed by atoms with E-state index in [1.807, 2.05) is 6.07 Å². The van der Waals surface area contributed by atoms with Crippen LogP contribution in [0.25, 0.3) is 0 Å². The highest BCUT2D eigenvalue weighted by atomic mass is 32.2. The van der Waals surface area contributed by atoms with Crippen LogP contribution in [0.15, 0.2) is 24.3 Å². The highest BCUT2D eigenvalue weighted by molar-refractivity contribution is 7.84. The van der Waals surface area contributed by atoms with Gasteiger partial charge in [0.05, 0.1) is 5.56 Å². The summed E-state index contributed by atoms with van der Waals surface area (Å²) in [5.74, 6) is -0.484. The molecule has 0 spiro atoms. The van der Waals surface area contributed by atoms with Crippen LogP contribution in [-0.2, 0) is 16.6 Å². The summed E-state index contributed by atoms with van der Waals surface area (Å²) < 4.78 is 12.3. The minimum absolute atomic E-state index is 0.240. The molecule has 19 heavy (non-hydrogen) atoms. The van der Waals surface area contributed by atoms with Crippen molar-refractivity contribution in [3.63, 3.8) is 0 Å². The van der Waals surface area contributed by atoms with E-state index < -0.39 is 16.8 Å². The molecule has 0 radical (unpaired) electrons. The quantitative estimate of drug-likeness (QED) is 0.913. The maximum absolute atomic E-state index is 12.3. The Balaban J connectivity index is 1.98. The lowest BCUT2D eigenvalue weighted by Crippen LogP contribution is -2.35. The van der Waals surface area contributed by atoms with Crippen molar-refractivity contribution in [1.82, 2.24) is 4.90 Å². The normalized spacial score (nSPS) is 19.2. The molecule has 1 aromatic rings. The number of carboxylic acid groups (broad SMARTS) is 1. The molecule has 1 saturated heterocycles. The summed E-state index contributed by atoms with van der Waals surface area (Å²) in [5.41, 5.74) is 1.11. The third-order valence-corrected chi connectivity index (χ3v) is 5.35. The van der Waals surface area contributed by atoms with Gasteiger partial charge in [-0.15, -0.1) is 0 Å². The first kappa shape index (κ1) is 14.2. The van der Waals surface area contributed by atoms with Crippen LogP contribution in [0.5, 0.6) is 0 Å². The molecule has 1 fully saturated rings. The molecule has 0 aromatic heterocycles. The fraction of sp³-hybridized carbons (Fsp3) is 0.500. The van der Waals surface area contributed by atoms with Crippen LogP contribution in [0, 0.1) is 0 Å². The highest BCUT2D eigenvalue weighted by Gasteiger charge is 2.22. The third kappa shape index (κ3) is 3.88. The Morgan fingerprint density at radius 1 is 1.42 bits per heavy atom. The number of nitrogens with zero attached hydrogens (tertiary/aromatic N) is 1. The predicted octanol–water partition coefficient (Wildman–Crippen LogP) is 1.73. The van der Waals surface area contributed by atoms with Gasteiger partial charge in [0.15, 0.2) is 0 Å². The Hall–Kier alpha value is -1.20. The van der Waals surface area contributed by atoms with Crippen molar-refractivity contribution in [2.75, 3.05) is 20.1 Å². The number of rotatable bonds is 4. The van der Waals surface area contributed by atoms with E-state index in [1.54, 1.807) is 18.2 Å². The standard InChI is InChI=1S/C14H19NO3S/c1-15-7-5-13(6-8-15)19(18)10-11-3-2-4-12(9-11)14(16)17/h2-4,9,13H,5-8,10H2,1H3,(H,16,17). The average molecular weight is 281 g/mol. The molecule has 1 heterocycles. The minimum Gasteiger partial charge on any atom is -0.478 e. The smallest absolute Gasteiger partial charge is 0.335 e.